The van der Waals surface area contributed by atoms with Gasteiger partial charge in [-0.25, -0.2) is 4.79 Å². The zero-order chi connectivity index (χ0) is 29.3. The molecule has 1 heterocycles. The van der Waals surface area contributed by atoms with Crippen molar-refractivity contribution in [1.82, 2.24) is 16.0 Å². The molecule has 0 unspecified atom stereocenters. The number of thiophene rings is 1. The Bertz CT molecular complexity index is 1260. The topological polar surface area (TPSA) is 128 Å². The first-order chi connectivity index (χ1) is 18.9. The fourth-order valence-electron chi connectivity index (χ4n) is 4.58. The highest BCUT2D eigenvalue weighted by Gasteiger charge is 2.35. The van der Waals surface area contributed by atoms with Crippen molar-refractivity contribution < 1.29 is 24.6 Å². The third-order valence-corrected chi connectivity index (χ3v) is 7.64. The molecule has 4 atom stereocenters. The van der Waals surface area contributed by atoms with Gasteiger partial charge in [0.15, 0.2) is 0 Å². The molecule has 5 N–H and O–H groups in total. The molecule has 3 amide bonds. The Morgan fingerprint density at radius 3 is 1.90 bits per heavy atom. The second kappa shape index (κ2) is 14.1. The normalized spacial score (nSPS) is 14.4. The maximum atomic E-state index is 13.4. The van der Waals surface area contributed by atoms with E-state index >= 15 is 0 Å². The summed E-state index contributed by atoms with van der Waals surface area (Å²) in [6, 6.07) is 20.7. The van der Waals surface area contributed by atoms with E-state index in [0.717, 1.165) is 16.0 Å². The average molecular weight is 566 g/mol. The highest BCUT2D eigenvalue weighted by atomic mass is 32.1. The third-order valence-electron chi connectivity index (χ3n) is 6.64. The van der Waals surface area contributed by atoms with Crippen molar-refractivity contribution in [3.8, 4) is 0 Å². The molecule has 0 aliphatic heterocycles. The molecular formula is C31H39N3O5S. The van der Waals surface area contributed by atoms with Crippen LogP contribution in [-0.2, 0) is 17.6 Å². The lowest BCUT2D eigenvalue weighted by atomic mass is 9.85. The molecule has 1 aromatic heterocycles. The summed E-state index contributed by atoms with van der Waals surface area (Å²) in [4.78, 5) is 39.5. The number of carbonyl (C=O) groups is 3. The molecule has 40 heavy (non-hydrogen) atoms. The van der Waals surface area contributed by atoms with Crippen LogP contribution in [0.2, 0.25) is 0 Å². The first-order valence-corrected chi connectivity index (χ1v) is 14.2. The van der Waals surface area contributed by atoms with Crippen LogP contribution < -0.4 is 16.0 Å². The van der Waals surface area contributed by atoms with Crippen molar-refractivity contribution in [2.45, 2.75) is 71.2 Å². The van der Waals surface area contributed by atoms with Crippen molar-refractivity contribution in [2.75, 3.05) is 0 Å². The van der Waals surface area contributed by atoms with Gasteiger partial charge in [0, 0.05) is 10.9 Å². The van der Waals surface area contributed by atoms with Crippen LogP contribution in [0.5, 0.6) is 0 Å². The molecule has 9 heteroatoms. The van der Waals surface area contributed by atoms with E-state index in [0.29, 0.717) is 17.7 Å². The number of hydrogen-bond acceptors (Lipinski definition) is 5. The van der Waals surface area contributed by atoms with Gasteiger partial charge in [0.1, 0.15) is 6.04 Å². The van der Waals surface area contributed by atoms with Gasteiger partial charge in [0.05, 0.1) is 17.0 Å². The van der Waals surface area contributed by atoms with E-state index in [9.17, 15) is 24.6 Å². The SMILES string of the molecule is Cc1ccc(C(=O)N[C@@H](Cc2ccccc2)C[C@@H](O)[C@H](Cc2ccccc2)NC(=O)[C@@H](NC(=O)O)C(C)(C)C)s1. The zero-order valence-electron chi connectivity index (χ0n) is 23.4. The summed E-state index contributed by atoms with van der Waals surface area (Å²) < 4.78 is 0. The van der Waals surface area contributed by atoms with Gasteiger partial charge in [-0.1, -0.05) is 81.4 Å². The predicted molar refractivity (Wildman–Crippen MR) is 158 cm³/mol. The first kappa shape index (κ1) is 30.8. The molecule has 0 radical (unpaired) electrons. The van der Waals surface area contributed by atoms with Crippen LogP contribution in [0.1, 0.15) is 52.9 Å². The molecule has 0 aliphatic carbocycles. The van der Waals surface area contributed by atoms with Gasteiger partial charge in [-0.3, -0.25) is 9.59 Å². The van der Waals surface area contributed by atoms with Gasteiger partial charge in [0.2, 0.25) is 5.91 Å². The number of nitrogens with one attached hydrogen (secondary N) is 3. The summed E-state index contributed by atoms with van der Waals surface area (Å²) in [5.41, 5.74) is 1.21. The number of aliphatic hydroxyl groups excluding tert-OH is 1. The minimum atomic E-state index is -1.30. The minimum absolute atomic E-state index is 0.176. The third kappa shape index (κ3) is 9.50. The maximum absolute atomic E-state index is 13.4. The van der Waals surface area contributed by atoms with Gasteiger partial charge in [0.25, 0.3) is 5.91 Å². The van der Waals surface area contributed by atoms with Gasteiger partial charge in [-0.15, -0.1) is 11.3 Å². The summed E-state index contributed by atoms with van der Waals surface area (Å²) in [7, 11) is 0. The number of amides is 3. The summed E-state index contributed by atoms with van der Waals surface area (Å²) in [5, 5.41) is 29.2. The number of aryl methyl sites for hydroxylation is 1. The van der Waals surface area contributed by atoms with E-state index in [1.165, 1.54) is 11.3 Å². The maximum Gasteiger partial charge on any atom is 0.405 e. The predicted octanol–water partition coefficient (Wildman–Crippen LogP) is 4.56. The molecule has 0 bridgehead atoms. The average Bonchev–Trinajstić information content (AvgIpc) is 3.33. The van der Waals surface area contributed by atoms with Crippen LogP contribution >= 0.6 is 11.3 Å². The summed E-state index contributed by atoms with van der Waals surface area (Å²) in [6.07, 6.45) is -1.34. The van der Waals surface area contributed by atoms with E-state index < -0.39 is 41.6 Å². The second-order valence-corrected chi connectivity index (χ2v) is 12.4. The van der Waals surface area contributed by atoms with Gasteiger partial charge in [-0.2, -0.15) is 0 Å². The molecule has 0 aliphatic rings. The molecule has 3 rings (SSSR count). The van der Waals surface area contributed by atoms with Crippen LogP contribution in [0.25, 0.3) is 0 Å². The lowest BCUT2D eigenvalue weighted by Crippen LogP contribution is -2.58. The standard InChI is InChI=1S/C31H39N3O5S/c1-20-15-16-26(40-20)28(36)32-23(17-21-11-7-5-8-12-21)19-25(35)24(18-22-13-9-6-10-14-22)33-29(37)27(31(2,3)4)34-30(38)39/h5-16,23-25,27,34-35H,17-19H2,1-4H3,(H,32,36)(H,33,37)(H,38,39)/t23-,24-,25+,27+/m0/s1. The molecular weight excluding hydrogens is 526 g/mol. The molecule has 0 saturated carbocycles. The smallest absolute Gasteiger partial charge is 0.405 e. The Balaban J connectivity index is 1.85. The monoisotopic (exact) mass is 565 g/mol. The van der Waals surface area contributed by atoms with Gasteiger partial charge >= 0.3 is 6.09 Å². The highest BCUT2D eigenvalue weighted by Crippen LogP contribution is 2.21. The largest absolute Gasteiger partial charge is 0.465 e. The Morgan fingerprint density at radius 1 is 0.825 bits per heavy atom. The lowest BCUT2D eigenvalue weighted by molar-refractivity contribution is -0.127. The molecule has 0 fully saturated rings. The number of hydrogen-bond donors (Lipinski definition) is 5. The molecule has 3 aromatic rings. The van der Waals surface area contributed by atoms with Gasteiger partial charge < -0.3 is 26.2 Å². The van der Waals surface area contributed by atoms with Crippen LogP contribution in [-0.4, -0.2) is 52.4 Å². The van der Waals surface area contributed by atoms with Gasteiger partial charge in [-0.05, 0) is 54.9 Å². The van der Waals surface area contributed by atoms with Crippen molar-refractivity contribution in [2.24, 2.45) is 5.41 Å². The van der Waals surface area contributed by atoms with E-state index in [4.69, 9.17) is 0 Å². The summed E-state index contributed by atoms with van der Waals surface area (Å²) >= 11 is 1.40. The Kier molecular flexibility index (Phi) is 10.9. The van der Waals surface area contributed by atoms with Crippen molar-refractivity contribution in [3.05, 3.63) is 93.7 Å². The quantitative estimate of drug-likeness (QED) is 0.220. The van der Waals surface area contributed by atoms with Crippen molar-refractivity contribution >= 4 is 29.2 Å². The van der Waals surface area contributed by atoms with Crippen LogP contribution in [0.3, 0.4) is 0 Å². The highest BCUT2D eigenvalue weighted by molar-refractivity contribution is 7.13. The Hall–Kier alpha value is -3.69. The number of benzene rings is 2. The van der Waals surface area contributed by atoms with Crippen LogP contribution in [0, 0.1) is 12.3 Å². The number of aliphatic hydroxyl groups is 1. The second-order valence-electron chi connectivity index (χ2n) is 11.1. The van der Waals surface area contributed by atoms with E-state index in [2.05, 4.69) is 16.0 Å². The van der Waals surface area contributed by atoms with E-state index in [1.807, 2.05) is 73.7 Å². The van der Waals surface area contributed by atoms with E-state index in [1.54, 1.807) is 26.8 Å². The van der Waals surface area contributed by atoms with Crippen LogP contribution in [0.4, 0.5) is 4.79 Å². The first-order valence-electron chi connectivity index (χ1n) is 13.4. The minimum Gasteiger partial charge on any atom is -0.465 e. The molecule has 0 spiro atoms. The zero-order valence-corrected chi connectivity index (χ0v) is 24.2. The molecule has 0 saturated heterocycles. The van der Waals surface area contributed by atoms with Crippen molar-refractivity contribution in [3.63, 3.8) is 0 Å². The van der Waals surface area contributed by atoms with Crippen LogP contribution in [0.15, 0.2) is 72.8 Å². The molecule has 214 valence electrons. The summed E-state index contributed by atoms with van der Waals surface area (Å²) in [6.45, 7) is 7.25. The molecule has 8 nitrogen and oxygen atoms in total. The fraction of sp³-hybridized carbons (Fsp3) is 0.387. The lowest BCUT2D eigenvalue weighted by Gasteiger charge is -2.33. The number of carbonyl (C=O) groups excluding carboxylic acids is 2. The molecule has 2 aromatic carbocycles. The van der Waals surface area contributed by atoms with Crippen molar-refractivity contribution in [1.29, 1.82) is 0 Å². The fourth-order valence-corrected chi connectivity index (χ4v) is 5.35. The number of rotatable bonds is 12. The Labute approximate surface area is 239 Å². The Morgan fingerprint density at radius 2 is 1.40 bits per heavy atom. The number of carboxylic acid groups (broad SMARTS) is 1. The summed E-state index contributed by atoms with van der Waals surface area (Å²) in [5.74, 6) is -0.735. The van der Waals surface area contributed by atoms with E-state index in [-0.39, 0.29) is 12.3 Å².